The number of nitrogens with one attached hydrogen (secondary N) is 1. The summed E-state index contributed by atoms with van der Waals surface area (Å²) >= 11 is 1.18. The van der Waals surface area contributed by atoms with Crippen LogP contribution in [-0.2, 0) is 0 Å². The van der Waals surface area contributed by atoms with E-state index in [4.69, 9.17) is 5.26 Å². The fourth-order valence-electron chi connectivity index (χ4n) is 1.58. The number of aromatic nitrogens is 5. The number of hydrogen-bond acceptors (Lipinski definition) is 6. The van der Waals surface area contributed by atoms with E-state index in [-0.39, 0.29) is 17.4 Å². The van der Waals surface area contributed by atoms with Crippen LogP contribution < -0.4 is 5.69 Å². The van der Waals surface area contributed by atoms with Gasteiger partial charge in [-0.2, -0.15) is 5.26 Å². The number of nitriles is 1. The molecule has 0 atom stereocenters. The van der Waals surface area contributed by atoms with Gasteiger partial charge in [-0.05, 0) is 24.6 Å². The summed E-state index contributed by atoms with van der Waals surface area (Å²) in [6, 6.07) is 2.19. The Morgan fingerprint density at radius 3 is 2.94 bits per heavy atom. The average Bonchev–Trinajstić information content (AvgIpc) is 3.16. The lowest BCUT2D eigenvalue weighted by Gasteiger charge is -2.02. The van der Waals surface area contributed by atoms with Crippen molar-refractivity contribution in [3.05, 3.63) is 28.6 Å². The van der Waals surface area contributed by atoms with Gasteiger partial charge in [0.25, 0.3) is 0 Å². The molecule has 1 aliphatic carbocycles. The summed E-state index contributed by atoms with van der Waals surface area (Å²) in [5.74, 6) is 0. The van der Waals surface area contributed by atoms with Crippen molar-refractivity contribution in [3.8, 4) is 6.07 Å². The molecule has 0 unspecified atom stereocenters. The van der Waals surface area contributed by atoms with Crippen molar-refractivity contribution in [2.45, 2.75) is 29.1 Å². The average molecular weight is 260 g/mol. The first-order valence-corrected chi connectivity index (χ1v) is 6.17. The summed E-state index contributed by atoms with van der Waals surface area (Å²) in [6.45, 7) is 0. The Kier molecular flexibility index (Phi) is 2.60. The molecule has 1 fully saturated rings. The first-order chi connectivity index (χ1) is 8.79. The van der Waals surface area contributed by atoms with E-state index in [2.05, 4.69) is 20.2 Å². The molecule has 2 heterocycles. The standard InChI is InChI=1S/C10H8N6OS/c11-5-7-8(13-4-3-12-7)18-10-15-14-9(17)16(10)6-1-2-6/h3-4,6H,1-2H2,(H,14,17). The molecule has 3 rings (SSSR count). The molecule has 8 heteroatoms. The van der Waals surface area contributed by atoms with Crippen molar-refractivity contribution in [2.24, 2.45) is 0 Å². The second kappa shape index (κ2) is 4.27. The van der Waals surface area contributed by atoms with Gasteiger partial charge in [0.05, 0.1) is 0 Å². The molecule has 0 spiro atoms. The van der Waals surface area contributed by atoms with Gasteiger partial charge in [0.1, 0.15) is 11.1 Å². The van der Waals surface area contributed by atoms with Gasteiger partial charge in [0, 0.05) is 18.4 Å². The monoisotopic (exact) mass is 260 g/mol. The van der Waals surface area contributed by atoms with Crippen LogP contribution in [-0.4, -0.2) is 24.7 Å². The molecule has 7 nitrogen and oxygen atoms in total. The first-order valence-electron chi connectivity index (χ1n) is 5.35. The second-order valence-corrected chi connectivity index (χ2v) is 4.79. The summed E-state index contributed by atoms with van der Waals surface area (Å²) in [5.41, 5.74) is 0.0164. The fourth-order valence-corrected chi connectivity index (χ4v) is 2.48. The topological polar surface area (TPSA) is 100 Å². The molecule has 1 saturated carbocycles. The highest BCUT2D eigenvalue weighted by Crippen LogP contribution is 2.37. The third-order valence-electron chi connectivity index (χ3n) is 2.54. The van der Waals surface area contributed by atoms with Crippen LogP contribution in [0.1, 0.15) is 24.6 Å². The van der Waals surface area contributed by atoms with E-state index in [0.717, 1.165) is 12.8 Å². The second-order valence-electron chi connectivity index (χ2n) is 3.84. The molecule has 0 saturated heterocycles. The van der Waals surface area contributed by atoms with Gasteiger partial charge in [-0.25, -0.2) is 19.9 Å². The van der Waals surface area contributed by atoms with Gasteiger partial charge in [-0.15, -0.1) is 5.10 Å². The molecule has 0 bridgehead atoms. The van der Waals surface area contributed by atoms with Crippen molar-refractivity contribution >= 4 is 11.8 Å². The Bertz CT molecular complexity index is 680. The Morgan fingerprint density at radius 2 is 2.22 bits per heavy atom. The van der Waals surface area contributed by atoms with E-state index < -0.39 is 0 Å². The van der Waals surface area contributed by atoms with Gasteiger partial charge < -0.3 is 0 Å². The lowest BCUT2D eigenvalue weighted by atomic mass is 10.5. The zero-order chi connectivity index (χ0) is 12.5. The van der Waals surface area contributed by atoms with Gasteiger partial charge >= 0.3 is 5.69 Å². The molecule has 0 amide bonds. The van der Waals surface area contributed by atoms with Crippen LogP contribution in [0, 0.1) is 11.3 Å². The maximum Gasteiger partial charge on any atom is 0.344 e. The zero-order valence-corrected chi connectivity index (χ0v) is 10.0. The lowest BCUT2D eigenvalue weighted by molar-refractivity contribution is 0.642. The predicted molar refractivity (Wildman–Crippen MR) is 62.0 cm³/mol. The molecule has 2 aromatic heterocycles. The Balaban J connectivity index is 1.98. The normalized spacial score (nSPS) is 14.4. The smallest absolute Gasteiger partial charge is 0.267 e. The molecule has 0 aromatic carbocycles. The van der Waals surface area contributed by atoms with E-state index in [1.165, 1.54) is 24.2 Å². The maximum atomic E-state index is 11.6. The van der Waals surface area contributed by atoms with E-state index in [1.807, 2.05) is 6.07 Å². The van der Waals surface area contributed by atoms with Crippen LogP contribution in [0.25, 0.3) is 0 Å². The Hall–Kier alpha value is -2.14. The molecule has 18 heavy (non-hydrogen) atoms. The highest BCUT2D eigenvalue weighted by atomic mass is 32.2. The summed E-state index contributed by atoms with van der Waals surface area (Å²) in [4.78, 5) is 19.6. The maximum absolute atomic E-state index is 11.6. The lowest BCUT2D eigenvalue weighted by Crippen LogP contribution is -2.16. The summed E-state index contributed by atoms with van der Waals surface area (Å²) in [6.07, 6.45) is 4.94. The largest absolute Gasteiger partial charge is 0.344 e. The highest BCUT2D eigenvalue weighted by Gasteiger charge is 2.29. The van der Waals surface area contributed by atoms with Crippen molar-refractivity contribution in [2.75, 3.05) is 0 Å². The molecule has 1 aliphatic rings. The number of rotatable bonds is 3. The molecule has 0 radical (unpaired) electrons. The third kappa shape index (κ3) is 1.89. The van der Waals surface area contributed by atoms with Gasteiger partial charge in [-0.1, -0.05) is 0 Å². The number of aromatic amines is 1. The van der Waals surface area contributed by atoms with Gasteiger partial charge in [0.15, 0.2) is 10.9 Å². The summed E-state index contributed by atoms with van der Waals surface area (Å²) in [5, 5.41) is 16.3. The minimum Gasteiger partial charge on any atom is -0.267 e. The van der Waals surface area contributed by atoms with Crippen LogP contribution >= 0.6 is 11.8 Å². The van der Waals surface area contributed by atoms with Crippen LogP contribution in [0.3, 0.4) is 0 Å². The number of nitrogens with zero attached hydrogens (tertiary/aromatic N) is 5. The van der Waals surface area contributed by atoms with E-state index in [0.29, 0.717) is 10.2 Å². The van der Waals surface area contributed by atoms with E-state index in [1.54, 1.807) is 4.57 Å². The summed E-state index contributed by atoms with van der Waals surface area (Å²) < 4.78 is 1.61. The van der Waals surface area contributed by atoms with Crippen LogP contribution in [0.5, 0.6) is 0 Å². The molecular formula is C10H8N6OS. The zero-order valence-electron chi connectivity index (χ0n) is 9.20. The predicted octanol–water partition coefficient (Wildman–Crippen LogP) is 0.719. The van der Waals surface area contributed by atoms with Crippen molar-refractivity contribution < 1.29 is 0 Å². The van der Waals surface area contributed by atoms with Crippen LogP contribution in [0.2, 0.25) is 0 Å². The van der Waals surface area contributed by atoms with Crippen molar-refractivity contribution in [3.63, 3.8) is 0 Å². The van der Waals surface area contributed by atoms with E-state index >= 15 is 0 Å². The first kappa shape index (κ1) is 11.0. The quantitative estimate of drug-likeness (QED) is 0.872. The summed E-state index contributed by atoms with van der Waals surface area (Å²) in [7, 11) is 0. The van der Waals surface area contributed by atoms with Gasteiger partial charge in [-0.3, -0.25) is 4.57 Å². The van der Waals surface area contributed by atoms with Crippen LogP contribution in [0.15, 0.2) is 27.4 Å². The van der Waals surface area contributed by atoms with Gasteiger partial charge in [0.2, 0.25) is 0 Å². The number of hydrogen-bond donors (Lipinski definition) is 1. The Morgan fingerprint density at radius 1 is 1.44 bits per heavy atom. The highest BCUT2D eigenvalue weighted by molar-refractivity contribution is 7.99. The SMILES string of the molecule is N#Cc1nccnc1Sc1n[nH]c(=O)n1C1CC1. The molecule has 1 N–H and O–H groups in total. The minimum absolute atomic E-state index is 0.220. The van der Waals surface area contributed by atoms with Crippen molar-refractivity contribution in [1.82, 2.24) is 24.7 Å². The third-order valence-corrected chi connectivity index (χ3v) is 3.51. The minimum atomic E-state index is -0.220. The molecule has 0 aliphatic heterocycles. The molecule has 90 valence electrons. The molecular weight excluding hydrogens is 252 g/mol. The number of H-pyrrole nitrogens is 1. The van der Waals surface area contributed by atoms with Crippen molar-refractivity contribution in [1.29, 1.82) is 5.26 Å². The fraction of sp³-hybridized carbons (Fsp3) is 0.300. The molecule has 2 aromatic rings. The Labute approximate surface area is 106 Å². The van der Waals surface area contributed by atoms with E-state index in [9.17, 15) is 4.79 Å². The van der Waals surface area contributed by atoms with Crippen LogP contribution in [0.4, 0.5) is 0 Å².